The van der Waals surface area contributed by atoms with E-state index < -0.39 is 0 Å². The SMILES string of the molecule is c1ccc(C(c2ccccn2)N2CCCC2)nc1.c1ccc(C(c2ccccn2)N2CCCC2)nc1. The fourth-order valence-electron chi connectivity index (χ4n) is 5.20. The lowest BCUT2D eigenvalue weighted by Crippen LogP contribution is -2.27. The van der Waals surface area contributed by atoms with Gasteiger partial charge in [0.25, 0.3) is 0 Å². The summed E-state index contributed by atoms with van der Waals surface area (Å²) in [6.45, 7) is 4.55. The highest BCUT2D eigenvalue weighted by atomic mass is 15.2. The molecule has 2 aliphatic rings. The van der Waals surface area contributed by atoms with E-state index in [0.717, 1.165) is 49.0 Å². The first kappa shape index (κ1) is 24.2. The summed E-state index contributed by atoms with van der Waals surface area (Å²) in [5.41, 5.74) is 4.38. The molecule has 0 amide bonds. The van der Waals surface area contributed by atoms with Gasteiger partial charge in [-0.15, -0.1) is 0 Å². The average molecular weight is 479 g/mol. The molecule has 0 bridgehead atoms. The molecule has 6 heteroatoms. The number of hydrogen-bond acceptors (Lipinski definition) is 6. The maximum absolute atomic E-state index is 4.52. The molecule has 184 valence electrons. The minimum atomic E-state index is 0.204. The van der Waals surface area contributed by atoms with Gasteiger partial charge < -0.3 is 0 Å². The maximum Gasteiger partial charge on any atom is 0.0949 e. The molecule has 4 aromatic heterocycles. The molecule has 2 fully saturated rings. The number of likely N-dealkylation sites (tertiary alicyclic amines) is 2. The van der Waals surface area contributed by atoms with Gasteiger partial charge in [-0.1, -0.05) is 24.3 Å². The lowest BCUT2D eigenvalue weighted by atomic mass is 10.1. The lowest BCUT2D eigenvalue weighted by molar-refractivity contribution is 0.272. The summed E-state index contributed by atoms with van der Waals surface area (Å²) in [5, 5.41) is 0. The Morgan fingerprint density at radius 2 is 0.694 bits per heavy atom. The van der Waals surface area contributed by atoms with E-state index in [2.05, 4.69) is 54.0 Å². The van der Waals surface area contributed by atoms with Crippen LogP contribution in [0.25, 0.3) is 0 Å². The molecule has 2 saturated heterocycles. The van der Waals surface area contributed by atoms with Crippen LogP contribution in [-0.2, 0) is 0 Å². The third-order valence-corrected chi connectivity index (χ3v) is 6.88. The van der Waals surface area contributed by atoms with Crippen LogP contribution in [0.5, 0.6) is 0 Å². The van der Waals surface area contributed by atoms with Gasteiger partial charge in [0.15, 0.2) is 0 Å². The van der Waals surface area contributed by atoms with E-state index in [4.69, 9.17) is 0 Å². The number of hydrogen-bond donors (Lipinski definition) is 0. The number of pyridine rings is 4. The van der Waals surface area contributed by atoms with Crippen molar-refractivity contribution in [3.63, 3.8) is 0 Å². The second-order valence-corrected chi connectivity index (χ2v) is 9.31. The van der Waals surface area contributed by atoms with Crippen LogP contribution in [-0.4, -0.2) is 55.9 Å². The smallest absolute Gasteiger partial charge is 0.0949 e. The molecular formula is C30H34N6. The molecular weight excluding hydrogens is 444 g/mol. The zero-order chi connectivity index (χ0) is 24.4. The van der Waals surface area contributed by atoms with Crippen molar-refractivity contribution in [2.75, 3.05) is 26.2 Å². The highest BCUT2D eigenvalue weighted by molar-refractivity contribution is 5.23. The first-order valence-electron chi connectivity index (χ1n) is 13.0. The molecule has 6 nitrogen and oxygen atoms in total. The Morgan fingerprint density at radius 3 is 0.917 bits per heavy atom. The first-order valence-corrected chi connectivity index (χ1v) is 13.0. The van der Waals surface area contributed by atoms with Crippen molar-refractivity contribution < 1.29 is 0 Å². The highest BCUT2D eigenvalue weighted by Gasteiger charge is 2.27. The van der Waals surface area contributed by atoms with Crippen LogP contribution in [0.1, 0.15) is 60.5 Å². The van der Waals surface area contributed by atoms with E-state index in [-0.39, 0.29) is 12.1 Å². The lowest BCUT2D eigenvalue weighted by Gasteiger charge is -2.26. The molecule has 0 saturated carbocycles. The van der Waals surface area contributed by atoms with Crippen molar-refractivity contribution in [2.24, 2.45) is 0 Å². The Balaban J connectivity index is 0.000000148. The molecule has 6 heterocycles. The summed E-state index contributed by atoms with van der Waals surface area (Å²) < 4.78 is 0. The van der Waals surface area contributed by atoms with Crippen molar-refractivity contribution in [3.05, 3.63) is 120 Å². The summed E-state index contributed by atoms with van der Waals surface area (Å²) in [5.74, 6) is 0. The molecule has 0 radical (unpaired) electrons. The predicted molar refractivity (Wildman–Crippen MR) is 142 cm³/mol. The van der Waals surface area contributed by atoms with Gasteiger partial charge in [-0.25, -0.2) is 0 Å². The quantitative estimate of drug-likeness (QED) is 0.374. The van der Waals surface area contributed by atoms with Crippen molar-refractivity contribution >= 4 is 0 Å². The summed E-state index contributed by atoms with van der Waals surface area (Å²) >= 11 is 0. The largest absolute Gasteiger partial charge is 0.290 e. The van der Waals surface area contributed by atoms with Crippen LogP contribution in [0.2, 0.25) is 0 Å². The Morgan fingerprint density at radius 1 is 0.417 bits per heavy atom. The average Bonchev–Trinajstić information content (AvgIpc) is 3.68. The van der Waals surface area contributed by atoms with Crippen LogP contribution in [0.3, 0.4) is 0 Å². The number of nitrogens with zero attached hydrogens (tertiary/aromatic N) is 6. The van der Waals surface area contributed by atoms with Crippen LogP contribution >= 0.6 is 0 Å². The van der Waals surface area contributed by atoms with E-state index in [1.807, 2.05) is 73.3 Å². The molecule has 4 aromatic rings. The van der Waals surface area contributed by atoms with Gasteiger partial charge >= 0.3 is 0 Å². The second-order valence-electron chi connectivity index (χ2n) is 9.31. The molecule has 36 heavy (non-hydrogen) atoms. The monoisotopic (exact) mass is 478 g/mol. The fourth-order valence-corrected chi connectivity index (χ4v) is 5.20. The Kier molecular flexibility index (Phi) is 8.39. The van der Waals surface area contributed by atoms with Gasteiger partial charge in [-0.3, -0.25) is 29.7 Å². The van der Waals surface area contributed by atoms with Crippen molar-refractivity contribution in [3.8, 4) is 0 Å². The zero-order valence-electron chi connectivity index (χ0n) is 20.7. The van der Waals surface area contributed by atoms with Gasteiger partial charge in [0.05, 0.1) is 34.9 Å². The third kappa shape index (κ3) is 6.01. The number of aromatic nitrogens is 4. The minimum Gasteiger partial charge on any atom is -0.290 e. The highest BCUT2D eigenvalue weighted by Crippen LogP contribution is 2.30. The van der Waals surface area contributed by atoms with Crippen LogP contribution in [0.4, 0.5) is 0 Å². The Labute approximate surface area is 214 Å². The molecule has 0 unspecified atom stereocenters. The number of rotatable bonds is 6. The van der Waals surface area contributed by atoms with E-state index in [9.17, 15) is 0 Å². The third-order valence-electron chi connectivity index (χ3n) is 6.88. The fraction of sp³-hybridized carbons (Fsp3) is 0.333. The topological polar surface area (TPSA) is 58.0 Å². The van der Waals surface area contributed by atoms with E-state index in [1.165, 1.54) is 25.7 Å². The Hall–Kier alpha value is -3.48. The van der Waals surface area contributed by atoms with Gasteiger partial charge in [-0.2, -0.15) is 0 Å². The summed E-state index contributed by atoms with van der Waals surface area (Å²) in [6.07, 6.45) is 12.5. The summed E-state index contributed by atoms with van der Waals surface area (Å²) in [7, 11) is 0. The van der Waals surface area contributed by atoms with Gasteiger partial charge in [0.2, 0.25) is 0 Å². The van der Waals surface area contributed by atoms with Gasteiger partial charge in [-0.05, 0) is 100 Å². The van der Waals surface area contributed by atoms with Gasteiger partial charge in [0.1, 0.15) is 0 Å². The molecule has 0 spiro atoms. The van der Waals surface area contributed by atoms with Crippen molar-refractivity contribution in [1.29, 1.82) is 0 Å². The normalized spacial score (nSPS) is 16.3. The summed E-state index contributed by atoms with van der Waals surface area (Å²) in [4.78, 5) is 23.0. The molecule has 6 rings (SSSR count). The summed E-state index contributed by atoms with van der Waals surface area (Å²) in [6, 6.07) is 24.8. The maximum atomic E-state index is 4.52. The van der Waals surface area contributed by atoms with E-state index in [0.29, 0.717) is 0 Å². The molecule has 2 aliphatic heterocycles. The standard InChI is InChI=1S/2C15H17N3/c2*1-3-9-16-13(7-1)15(18-11-5-6-12-18)14-8-2-4-10-17-14/h2*1-4,7-10,15H,5-6,11-12H2. The van der Waals surface area contributed by atoms with Crippen molar-refractivity contribution in [1.82, 2.24) is 29.7 Å². The van der Waals surface area contributed by atoms with Crippen molar-refractivity contribution in [2.45, 2.75) is 37.8 Å². The van der Waals surface area contributed by atoms with Crippen LogP contribution in [0, 0.1) is 0 Å². The van der Waals surface area contributed by atoms with E-state index >= 15 is 0 Å². The predicted octanol–water partition coefficient (Wildman–Crippen LogP) is 5.32. The van der Waals surface area contributed by atoms with Crippen LogP contribution in [0.15, 0.2) is 97.6 Å². The molecule has 0 atom stereocenters. The Bertz CT molecular complexity index is 971. The second kappa shape index (κ2) is 12.5. The minimum absolute atomic E-state index is 0.204. The zero-order valence-corrected chi connectivity index (χ0v) is 20.7. The van der Waals surface area contributed by atoms with Gasteiger partial charge in [0, 0.05) is 24.8 Å². The molecule has 0 aromatic carbocycles. The first-order chi connectivity index (χ1) is 17.9. The molecule has 0 N–H and O–H groups in total. The van der Waals surface area contributed by atoms with Crippen LogP contribution < -0.4 is 0 Å². The van der Waals surface area contributed by atoms with E-state index in [1.54, 1.807) is 0 Å². The molecule has 0 aliphatic carbocycles.